The van der Waals surface area contributed by atoms with Gasteiger partial charge in [-0.1, -0.05) is 6.07 Å². The van der Waals surface area contributed by atoms with Gasteiger partial charge in [-0.2, -0.15) is 10.4 Å². The number of nitrogens with zero attached hydrogens (tertiary/aromatic N) is 8. The molecule has 2 unspecified atom stereocenters. The quantitative estimate of drug-likeness (QED) is 0.320. The van der Waals surface area contributed by atoms with E-state index >= 15 is 0 Å². The molecule has 0 radical (unpaired) electrons. The Morgan fingerprint density at radius 2 is 1.98 bits per heavy atom. The first-order chi connectivity index (χ1) is 19.7. The van der Waals surface area contributed by atoms with Crippen LogP contribution in [0.5, 0.6) is 11.6 Å². The van der Waals surface area contributed by atoms with Crippen molar-refractivity contribution in [3.8, 4) is 28.8 Å². The van der Waals surface area contributed by atoms with E-state index in [-0.39, 0.29) is 0 Å². The Morgan fingerprint density at radius 3 is 2.67 bits per heavy atom. The third-order valence-electron chi connectivity index (χ3n) is 7.76. The molecule has 3 saturated heterocycles. The minimum Gasteiger partial charge on any atom is -0.486 e. The molecular formula is C29H27N9O2. The van der Waals surface area contributed by atoms with Gasteiger partial charge in [0.05, 0.1) is 48.8 Å². The number of aromatic nitrogens is 6. The van der Waals surface area contributed by atoms with E-state index in [1.807, 2.05) is 24.5 Å². The molecule has 1 N–H and O–H groups in total. The average molecular weight is 534 g/mol. The molecule has 11 heteroatoms. The van der Waals surface area contributed by atoms with Gasteiger partial charge in [-0.3, -0.25) is 4.90 Å². The van der Waals surface area contributed by atoms with Gasteiger partial charge in [0.2, 0.25) is 5.88 Å². The van der Waals surface area contributed by atoms with E-state index in [4.69, 9.17) is 14.5 Å². The highest BCUT2D eigenvalue weighted by Gasteiger charge is 2.44. The van der Waals surface area contributed by atoms with Crippen LogP contribution in [0.3, 0.4) is 0 Å². The number of pyridine rings is 3. The first kappa shape index (κ1) is 24.1. The Morgan fingerprint density at radius 1 is 1.07 bits per heavy atom. The molecule has 3 aliphatic heterocycles. The normalized spacial score (nSPS) is 18.4. The summed E-state index contributed by atoms with van der Waals surface area (Å²) in [6.45, 7) is 3.12. The lowest BCUT2D eigenvalue weighted by molar-refractivity contribution is -0.00876. The van der Waals surface area contributed by atoms with Crippen molar-refractivity contribution in [2.75, 3.05) is 25.1 Å². The van der Waals surface area contributed by atoms with E-state index < -0.39 is 0 Å². The summed E-state index contributed by atoms with van der Waals surface area (Å²) in [6.07, 6.45) is 11.7. The third-order valence-corrected chi connectivity index (χ3v) is 7.76. The SMILES string of the molecule is COc1ccc(CN2C3CC2CN(c2ccc(-c4cc(OCc5cnc[nH]5)cn5ncc(C#N)c45)cn2)C3)cn1. The molecule has 2 atom stereocenters. The molecule has 2 bridgehead atoms. The van der Waals surface area contributed by atoms with Crippen LogP contribution in [-0.4, -0.2) is 66.7 Å². The number of rotatable bonds is 8. The van der Waals surface area contributed by atoms with Crippen LogP contribution in [0.15, 0.2) is 67.6 Å². The topological polar surface area (TPSA) is 120 Å². The van der Waals surface area contributed by atoms with Crippen LogP contribution < -0.4 is 14.4 Å². The predicted molar refractivity (Wildman–Crippen MR) is 147 cm³/mol. The smallest absolute Gasteiger partial charge is 0.212 e. The van der Waals surface area contributed by atoms with Crippen molar-refractivity contribution in [3.05, 3.63) is 84.5 Å². The number of anilines is 1. The van der Waals surface area contributed by atoms with E-state index in [2.05, 4.69) is 54.1 Å². The molecule has 11 nitrogen and oxygen atoms in total. The van der Waals surface area contributed by atoms with Gasteiger partial charge in [0.25, 0.3) is 0 Å². The van der Waals surface area contributed by atoms with E-state index in [0.29, 0.717) is 35.9 Å². The van der Waals surface area contributed by atoms with E-state index in [9.17, 15) is 5.26 Å². The lowest BCUT2D eigenvalue weighted by atomic mass is 9.87. The van der Waals surface area contributed by atoms with Crippen molar-refractivity contribution >= 4 is 11.3 Å². The maximum Gasteiger partial charge on any atom is 0.212 e. The molecule has 0 saturated carbocycles. The van der Waals surface area contributed by atoms with Gasteiger partial charge in [0, 0.05) is 61.3 Å². The van der Waals surface area contributed by atoms with Crippen LogP contribution in [0.2, 0.25) is 0 Å². The lowest BCUT2D eigenvalue weighted by Crippen LogP contribution is -2.68. The number of methoxy groups -OCH3 is 1. The van der Waals surface area contributed by atoms with Gasteiger partial charge in [-0.25, -0.2) is 19.5 Å². The fraction of sp³-hybridized carbons (Fsp3) is 0.276. The largest absolute Gasteiger partial charge is 0.486 e. The van der Waals surface area contributed by atoms with Gasteiger partial charge in [0.1, 0.15) is 24.2 Å². The van der Waals surface area contributed by atoms with E-state index in [0.717, 1.165) is 47.8 Å². The summed E-state index contributed by atoms with van der Waals surface area (Å²) in [5.41, 5.74) is 5.04. The first-order valence-corrected chi connectivity index (χ1v) is 13.2. The van der Waals surface area contributed by atoms with Crippen molar-refractivity contribution < 1.29 is 9.47 Å². The van der Waals surface area contributed by atoms with Crippen LogP contribution in [0.4, 0.5) is 5.82 Å². The lowest BCUT2D eigenvalue weighted by Gasteiger charge is -2.56. The molecule has 0 amide bonds. The van der Waals surface area contributed by atoms with Crippen molar-refractivity contribution in [3.63, 3.8) is 0 Å². The summed E-state index contributed by atoms with van der Waals surface area (Å²) in [5.74, 6) is 2.23. The molecule has 200 valence electrons. The summed E-state index contributed by atoms with van der Waals surface area (Å²) in [5, 5.41) is 14.1. The minimum atomic E-state index is 0.345. The zero-order valence-corrected chi connectivity index (χ0v) is 21.9. The Kier molecular flexibility index (Phi) is 6.02. The fourth-order valence-electron chi connectivity index (χ4n) is 5.70. The Balaban J connectivity index is 1.08. The Labute approximate surface area is 230 Å². The van der Waals surface area contributed by atoms with Crippen LogP contribution in [0, 0.1) is 11.3 Å². The molecule has 5 aromatic rings. The number of imidazole rings is 1. The second kappa shape index (κ2) is 9.98. The van der Waals surface area contributed by atoms with Crippen LogP contribution >= 0.6 is 0 Å². The van der Waals surface area contributed by atoms with Crippen molar-refractivity contribution in [2.24, 2.45) is 0 Å². The zero-order valence-electron chi connectivity index (χ0n) is 21.9. The maximum atomic E-state index is 9.69. The monoisotopic (exact) mass is 533 g/mol. The van der Waals surface area contributed by atoms with Gasteiger partial charge >= 0.3 is 0 Å². The number of hydrogen-bond acceptors (Lipinski definition) is 9. The summed E-state index contributed by atoms with van der Waals surface area (Å²) in [4.78, 5) is 21.2. The number of aromatic amines is 1. The van der Waals surface area contributed by atoms with Crippen LogP contribution in [0.25, 0.3) is 16.6 Å². The molecule has 40 heavy (non-hydrogen) atoms. The number of hydrogen-bond donors (Lipinski definition) is 1. The zero-order chi connectivity index (χ0) is 27.1. The minimum absolute atomic E-state index is 0.345. The molecule has 5 aromatic heterocycles. The molecular weight excluding hydrogens is 506 g/mol. The van der Waals surface area contributed by atoms with Crippen molar-refractivity contribution in [2.45, 2.75) is 31.7 Å². The molecule has 3 fully saturated rings. The molecule has 0 aliphatic carbocycles. The maximum absolute atomic E-state index is 9.69. The molecule has 8 rings (SSSR count). The first-order valence-electron chi connectivity index (χ1n) is 13.2. The van der Waals surface area contributed by atoms with E-state index in [1.54, 1.807) is 36.5 Å². The van der Waals surface area contributed by atoms with Gasteiger partial charge in [-0.05, 0) is 30.2 Å². The molecule has 8 heterocycles. The Hall–Kier alpha value is -4.95. The number of piperidine rings is 1. The third kappa shape index (κ3) is 4.38. The number of fused-ring (bicyclic) bond motifs is 3. The Bertz CT molecular complexity index is 1660. The van der Waals surface area contributed by atoms with Crippen LogP contribution in [0.1, 0.15) is 23.2 Å². The highest BCUT2D eigenvalue weighted by Crippen LogP contribution is 2.36. The standard InChI is InChI=1S/C29H27N9O2/c1-39-28-5-2-19(9-33-28)13-37-23-6-24(37)15-36(14-23)27-4-3-20(10-32-27)26-7-25(40-17-22-12-31-18-34-22)16-38-29(26)21(8-30)11-35-38/h2-5,7,9-12,16,18,23-24H,6,13-15,17H2,1H3,(H,31,34). The number of ether oxygens (including phenoxy) is 2. The molecule has 3 aliphatic rings. The second-order valence-corrected chi connectivity index (χ2v) is 10.2. The number of H-pyrrole nitrogens is 1. The summed E-state index contributed by atoms with van der Waals surface area (Å²) in [7, 11) is 1.63. The van der Waals surface area contributed by atoms with E-state index in [1.165, 1.54) is 12.0 Å². The predicted octanol–water partition coefficient (Wildman–Crippen LogP) is 3.44. The second-order valence-electron chi connectivity index (χ2n) is 10.2. The van der Waals surface area contributed by atoms with Crippen LogP contribution in [-0.2, 0) is 13.2 Å². The summed E-state index contributed by atoms with van der Waals surface area (Å²) < 4.78 is 12.9. The molecule has 0 aromatic carbocycles. The van der Waals surface area contributed by atoms with Crippen molar-refractivity contribution in [1.82, 2.24) is 34.4 Å². The number of piperazine rings is 1. The highest BCUT2D eigenvalue weighted by atomic mass is 16.5. The van der Waals surface area contributed by atoms with Gasteiger partial charge in [-0.15, -0.1) is 0 Å². The average Bonchev–Trinajstić information content (AvgIpc) is 3.69. The van der Waals surface area contributed by atoms with Gasteiger partial charge in [0.15, 0.2) is 0 Å². The van der Waals surface area contributed by atoms with Gasteiger partial charge < -0.3 is 19.4 Å². The summed E-state index contributed by atoms with van der Waals surface area (Å²) >= 11 is 0. The fourth-order valence-corrected chi connectivity index (χ4v) is 5.70. The number of nitriles is 1. The summed E-state index contributed by atoms with van der Waals surface area (Å²) in [6, 6.07) is 13.3. The van der Waals surface area contributed by atoms with Crippen molar-refractivity contribution in [1.29, 1.82) is 5.26 Å². The molecule has 0 spiro atoms. The highest BCUT2D eigenvalue weighted by molar-refractivity contribution is 5.85. The number of nitrogens with one attached hydrogen (secondary N) is 1.